The average molecular weight is 411 g/mol. The van der Waals surface area contributed by atoms with Gasteiger partial charge in [-0.25, -0.2) is 14.2 Å². The Balaban J connectivity index is 2.22. The summed E-state index contributed by atoms with van der Waals surface area (Å²) in [6, 6.07) is 4.44. The van der Waals surface area contributed by atoms with E-state index in [1.807, 2.05) is 12.7 Å². The van der Waals surface area contributed by atoms with Gasteiger partial charge in [-0.3, -0.25) is 13.9 Å². The van der Waals surface area contributed by atoms with Crippen LogP contribution in [-0.4, -0.2) is 48.3 Å². The Labute approximate surface area is 173 Å². The topological polar surface area (TPSA) is 95.4 Å². The first-order valence-corrected chi connectivity index (χ1v) is 9.77. The maximum Gasteiger partial charge on any atom is 0.332 e. The largest absolute Gasteiger partial charge is 0.378 e. The fourth-order valence-electron chi connectivity index (χ4n) is 4.00. The molecule has 0 bridgehead atoms. The highest BCUT2D eigenvalue weighted by atomic mass is 19.1. The van der Waals surface area contributed by atoms with Gasteiger partial charge in [0.2, 0.25) is 0 Å². The first kappa shape index (κ1) is 20.3. The van der Waals surface area contributed by atoms with Gasteiger partial charge in [0, 0.05) is 44.9 Å². The summed E-state index contributed by atoms with van der Waals surface area (Å²) in [7, 11) is 4.84. The van der Waals surface area contributed by atoms with E-state index in [0.717, 1.165) is 10.0 Å². The number of aryl methyl sites for hydroxylation is 1. The average Bonchev–Trinajstić information content (AvgIpc) is 2.77. The molecule has 0 saturated carbocycles. The fourth-order valence-corrected chi connectivity index (χ4v) is 4.00. The molecule has 10 heteroatoms. The number of rotatable bonds is 3. The van der Waals surface area contributed by atoms with Crippen LogP contribution in [0.2, 0.25) is 0 Å². The Hall–Kier alpha value is -2.98. The summed E-state index contributed by atoms with van der Waals surface area (Å²) in [6.07, 6.45) is 0. The summed E-state index contributed by atoms with van der Waals surface area (Å²) >= 11 is 0. The van der Waals surface area contributed by atoms with E-state index in [2.05, 4.69) is 0 Å². The summed E-state index contributed by atoms with van der Waals surface area (Å²) in [4.78, 5) is 32.5. The second-order valence-corrected chi connectivity index (χ2v) is 7.46. The fraction of sp³-hybridized carbons (Fsp3) is 0.350. The minimum Gasteiger partial charge on any atom is -0.378 e. The molecule has 2 N–H and O–H groups in total. The van der Waals surface area contributed by atoms with Gasteiger partial charge in [0.1, 0.15) is 19.5 Å². The van der Waals surface area contributed by atoms with E-state index in [4.69, 9.17) is 15.5 Å². The molecule has 4 rings (SSSR count). The van der Waals surface area contributed by atoms with Gasteiger partial charge in [0.15, 0.2) is 5.65 Å². The van der Waals surface area contributed by atoms with Crippen LogP contribution in [-0.2, 0) is 25.4 Å². The Bertz CT molecular complexity index is 1260. The second-order valence-electron chi connectivity index (χ2n) is 7.46. The third-order valence-corrected chi connectivity index (χ3v) is 5.65. The number of hydrogen-bond acceptors (Lipinski definition) is 6. The van der Waals surface area contributed by atoms with Gasteiger partial charge in [-0.05, 0) is 17.7 Å². The molecule has 1 aliphatic rings. The van der Waals surface area contributed by atoms with Gasteiger partial charge in [-0.1, -0.05) is 11.5 Å². The first-order chi connectivity index (χ1) is 14.3. The van der Waals surface area contributed by atoms with Gasteiger partial charge in [0.25, 0.3) is 5.56 Å². The van der Waals surface area contributed by atoms with Crippen molar-refractivity contribution in [2.24, 2.45) is 19.8 Å². The molecule has 0 unspecified atom stereocenters. The van der Waals surface area contributed by atoms with E-state index in [1.165, 1.54) is 23.7 Å². The number of pyridine rings is 1. The molecule has 0 aliphatic carbocycles. The Kier molecular flexibility index (Phi) is 5.21. The van der Waals surface area contributed by atoms with E-state index in [0.29, 0.717) is 48.8 Å². The lowest BCUT2D eigenvalue weighted by molar-refractivity contribution is 0.122. The monoisotopic (exact) mass is 411 g/mol. The van der Waals surface area contributed by atoms with Gasteiger partial charge in [0.05, 0.1) is 18.6 Å². The summed E-state index contributed by atoms with van der Waals surface area (Å²) in [6.45, 7) is 2.38. The van der Waals surface area contributed by atoms with Crippen molar-refractivity contribution in [3.05, 3.63) is 50.4 Å². The smallest absolute Gasteiger partial charge is 0.332 e. The van der Waals surface area contributed by atoms with Crippen molar-refractivity contribution >= 4 is 30.2 Å². The predicted octanol–water partition coefficient (Wildman–Crippen LogP) is -1.01. The van der Waals surface area contributed by atoms with Crippen LogP contribution in [0, 0.1) is 5.82 Å². The summed E-state index contributed by atoms with van der Waals surface area (Å²) in [5.41, 5.74) is 7.98. The van der Waals surface area contributed by atoms with E-state index < -0.39 is 17.1 Å². The van der Waals surface area contributed by atoms with Crippen LogP contribution in [0.1, 0.15) is 5.56 Å². The molecule has 0 radical (unpaired) electrons. The molecular formula is C20H23BFN5O3. The lowest BCUT2D eigenvalue weighted by atomic mass is 9.84. The normalized spacial score (nSPS) is 14.5. The highest BCUT2D eigenvalue weighted by Crippen LogP contribution is 2.34. The molecule has 30 heavy (non-hydrogen) atoms. The maximum atomic E-state index is 14.2. The van der Waals surface area contributed by atoms with Crippen molar-refractivity contribution in [3.63, 3.8) is 0 Å². The molecule has 3 aromatic rings. The Morgan fingerprint density at radius 1 is 1.20 bits per heavy atom. The van der Waals surface area contributed by atoms with Crippen LogP contribution in [0.4, 0.5) is 10.2 Å². The van der Waals surface area contributed by atoms with Crippen molar-refractivity contribution in [2.45, 2.75) is 6.54 Å². The third-order valence-electron chi connectivity index (χ3n) is 5.65. The molecule has 0 atom stereocenters. The van der Waals surface area contributed by atoms with Crippen LogP contribution in [0.25, 0.3) is 22.2 Å². The Morgan fingerprint density at radius 3 is 2.57 bits per heavy atom. The zero-order valence-electron chi connectivity index (χ0n) is 17.2. The standard InChI is InChI=1S/C20H23BFN5O3/c1-25-18-16(19(28)26(2)20(25)29)15(12-9-11(22)3-4-14(12)21)13(10-23)17(24-18)27-5-7-30-8-6-27/h3-4,9H,5-8,10,21,23H2,1-2H3. The summed E-state index contributed by atoms with van der Waals surface area (Å²) in [5.74, 6) is 0.174. The number of aromatic nitrogens is 3. The number of anilines is 1. The van der Waals surface area contributed by atoms with Crippen LogP contribution in [0.5, 0.6) is 0 Å². The van der Waals surface area contributed by atoms with Gasteiger partial charge >= 0.3 is 5.69 Å². The number of morpholine rings is 1. The Morgan fingerprint density at radius 2 is 1.90 bits per heavy atom. The van der Waals surface area contributed by atoms with Crippen LogP contribution < -0.4 is 27.3 Å². The van der Waals surface area contributed by atoms with Crippen LogP contribution >= 0.6 is 0 Å². The third kappa shape index (κ3) is 3.12. The van der Waals surface area contributed by atoms with E-state index in [1.54, 1.807) is 13.1 Å². The number of halogens is 1. The van der Waals surface area contributed by atoms with Crippen LogP contribution in [0.3, 0.4) is 0 Å². The van der Waals surface area contributed by atoms with Crippen molar-refractivity contribution < 1.29 is 9.13 Å². The van der Waals surface area contributed by atoms with E-state index in [-0.39, 0.29) is 17.6 Å². The first-order valence-electron chi connectivity index (χ1n) is 9.77. The number of ether oxygens (including phenoxy) is 1. The molecule has 2 aromatic heterocycles. The van der Waals surface area contributed by atoms with E-state index in [9.17, 15) is 14.0 Å². The van der Waals surface area contributed by atoms with Crippen LogP contribution in [0.15, 0.2) is 27.8 Å². The molecular weight excluding hydrogens is 388 g/mol. The number of fused-ring (bicyclic) bond motifs is 1. The number of hydrogen-bond donors (Lipinski definition) is 1. The molecule has 8 nitrogen and oxygen atoms in total. The number of benzene rings is 1. The quantitative estimate of drug-likeness (QED) is 0.556. The van der Waals surface area contributed by atoms with Gasteiger partial charge in [-0.2, -0.15) is 0 Å². The molecule has 1 aliphatic heterocycles. The van der Waals surface area contributed by atoms with Crippen molar-refractivity contribution in [3.8, 4) is 11.1 Å². The summed E-state index contributed by atoms with van der Waals surface area (Å²) in [5, 5.41) is 0.255. The minimum absolute atomic E-state index is 0.104. The van der Waals surface area contributed by atoms with Crippen molar-refractivity contribution in [1.29, 1.82) is 0 Å². The zero-order valence-corrected chi connectivity index (χ0v) is 17.2. The molecule has 1 fully saturated rings. The zero-order chi connectivity index (χ0) is 21.6. The lowest BCUT2D eigenvalue weighted by Gasteiger charge is -2.31. The van der Waals surface area contributed by atoms with Gasteiger partial charge < -0.3 is 15.4 Å². The van der Waals surface area contributed by atoms with E-state index >= 15 is 0 Å². The second kappa shape index (κ2) is 7.69. The highest BCUT2D eigenvalue weighted by Gasteiger charge is 2.26. The molecule has 0 spiro atoms. The number of nitrogens with two attached hydrogens (primary N) is 1. The van der Waals surface area contributed by atoms with Gasteiger partial charge in [-0.15, -0.1) is 0 Å². The predicted molar refractivity (Wildman–Crippen MR) is 117 cm³/mol. The number of nitrogens with zero attached hydrogens (tertiary/aromatic N) is 4. The molecule has 3 heterocycles. The highest BCUT2D eigenvalue weighted by molar-refractivity contribution is 6.36. The summed E-state index contributed by atoms with van der Waals surface area (Å²) < 4.78 is 22.1. The maximum absolute atomic E-state index is 14.2. The minimum atomic E-state index is -0.484. The van der Waals surface area contributed by atoms with Crippen molar-refractivity contribution in [1.82, 2.24) is 14.1 Å². The molecule has 156 valence electrons. The lowest BCUT2D eigenvalue weighted by Crippen LogP contribution is -2.40. The molecule has 1 aromatic carbocycles. The SMILES string of the molecule is Bc1ccc(F)cc1-c1c(CN)c(N2CCOCC2)nc2c1c(=O)n(C)c(=O)n2C. The molecule has 1 saturated heterocycles. The molecule has 0 amide bonds. The van der Waals surface area contributed by atoms with Crippen molar-refractivity contribution in [2.75, 3.05) is 31.2 Å².